The number of imide groups is 1. The second kappa shape index (κ2) is 14.0. The number of aliphatic imine (C=N–C) groups is 1. The van der Waals surface area contributed by atoms with Gasteiger partial charge in [0.05, 0.1) is 26.3 Å². The van der Waals surface area contributed by atoms with Crippen molar-refractivity contribution in [2.24, 2.45) is 10.9 Å². The zero-order chi connectivity index (χ0) is 20.4. The number of hydrogen-bond donors (Lipinski definition) is 3. The molecule has 3 amide bonds. The Kier molecular flexibility index (Phi) is 12.5. The van der Waals surface area contributed by atoms with Gasteiger partial charge in [-0.05, 0) is 12.8 Å². The molecule has 10 heteroatoms. The molecule has 2 rings (SSSR count). The van der Waals surface area contributed by atoms with Gasteiger partial charge >= 0.3 is 6.03 Å². The van der Waals surface area contributed by atoms with Crippen molar-refractivity contribution in [3.63, 3.8) is 0 Å². The Morgan fingerprint density at radius 1 is 1.17 bits per heavy atom. The smallest absolute Gasteiger partial charge is 0.324 e. The molecule has 0 aromatic heterocycles. The second-order valence-corrected chi connectivity index (χ2v) is 7.14. The molecule has 3 N–H and O–H groups in total. The van der Waals surface area contributed by atoms with Crippen LogP contribution in [0.4, 0.5) is 4.79 Å². The van der Waals surface area contributed by atoms with E-state index in [0.717, 1.165) is 51.6 Å². The van der Waals surface area contributed by atoms with Gasteiger partial charge < -0.3 is 20.7 Å². The highest BCUT2D eigenvalue weighted by atomic mass is 127. The minimum Gasteiger partial charge on any atom is -0.379 e. The van der Waals surface area contributed by atoms with Gasteiger partial charge in [-0.2, -0.15) is 0 Å². The average molecular weight is 524 g/mol. The van der Waals surface area contributed by atoms with E-state index in [2.05, 4.69) is 34.7 Å². The SMILES string of the molecule is CCNC(=NCC(C(CC)CC)N1CCOCC1)NCCN1C(=O)CNC1=O.I. The molecule has 1 unspecified atom stereocenters. The number of carbonyl (C=O) groups excluding carboxylic acids is 2. The lowest BCUT2D eigenvalue weighted by Gasteiger charge is -2.38. The summed E-state index contributed by atoms with van der Waals surface area (Å²) in [5.74, 6) is 1.13. The summed E-state index contributed by atoms with van der Waals surface area (Å²) in [4.78, 5) is 31.8. The van der Waals surface area contributed by atoms with Crippen molar-refractivity contribution < 1.29 is 14.3 Å². The number of urea groups is 1. The van der Waals surface area contributed by atoms with Gasteiger partial charge in [-0.1, -0.05) is 26.7 Å². The zero-order valence-electron chi connectivity index (χ0n) is 17.9. The first-order chi connectivity index (χ1) is 13.6. The Hall–Kier alpha value is -1.14. The molecule has 2 aliphatic heterocycles. The van der Waals surface area contributed by atoms with Crippen molar-refractivity contribution in [2.45, 2.75) is 39.7 Å². The minimum atomic E-state index is -0.324. The molecule has 0 aromatic carbocycles. The number of carbonyl (C=O) groups is 2. The summed E-state index contributed by atoms with van der Waals surface area (Å²) in [5, 5.41) is 9.03. The molecule has 1 atom stereocenters. The van der Waals surface area contributed by atoms with E-state index in [0.29, 0.717) is 31.6 Å². The molecule has 0 spiro atoms. The number of nitrogens with zero attached hydrogens (tertiary/aromatic N) is 3. The maximum atomic E-state index is 11.7. The van der Waals surface area contributed by atoms with Crippen LogP contribution in [0.25, 0.3) is 0 Å². The molecule has 168 valence electrons. The van der Waals surface area contributed by atoms with Crippen LogP contribution in [-0.4, -0.2) is 92.8 Å². The van der Waals surface area contributed by atoms with Crippen molar-refractivity contribution in [3.8, 4) is 0 Å². The molecular weight excluding hydrogens is 487 g/mol. The summed E-state index contributed by atoms with van der Waals surface area (Å²) in [6.45, 7) is 12.3. The van der Waals surface area contributed by atoms with Crippen LogP contribution in [0.2, 0.25) is 0 Å². The number of hydrogen-bond acceptors (Lipinski definition) is 5. The molecule has 0 aliphatic carbocycles. The Bertz CT molecular complexity index is 522. The predicted molar refractivity (Wildman–Crippen MR) is 125 cm³/mol. The number of guanidine groups is 1. The van der Waals surface area contributed by atoms with Crippen LogP contribution < -0.4 is 16.0 Å². The fraction of sp³-hybridized carbons (Fsp3) is 0.842. The van der Waals surface area contributed by atoms with Crippen LogP contribution in [0.1, 0.15) is 33.6 Å². The molecule has 0 saturated carbocycles. The molecule has 2 saturated heterocycles. The monoisotopic (exact) mass is 524 g/mol. The van der Waals surface area contributed by atoms with Crippen LogP contribution in [0, 0.1) is 5.92 Å². The summed E-state index contributed by atoms with van der Waals surface area (Å²) >= 11 is 0. The molecule has 2 heterocycles. The predicted octanol–water partition coefficient (Wildman–Crippen LogP) is 0.848. The first-order valence-electron chi connectivity index (χ1n) is 10.5. The average Bonchev–Trinajstić information content (AvgIpc) is 3.03. The molecule has 0 bridgehead atoms. The van der Waals surface area contributed by atoms with E-state index >= 15 is 0 Å². The van der Waals surface area contributed by atoms with Gasteiger partial charge in [-0.3, -0.25) is 19.6 Å². The van der Waals surface area contributed by atoms with E-state index in [1.807, 2.05) is 6.92 Å². The Morgan fingerprint density at radius 3 is 2.41 bits per heavy atom. The van der Waals surface area contributed by atoms with Gasteiger partial charge in [-0.25, -0.2) is 4.79 Å². The highest BCUT2D eigenvalue weighted by Gasteiger charge is 2.28. The van der Waals surface area contributed by atoms with Gasteiger partial charge in [0.15, 0.2) is 5.96 Å². The number of rotatable bonds is 10. The largest absolute Gasteiger partial charge is 0.379 e. The summed E-state index contributed by atoms with van der Waals surface area (Å²) in [7, 11) is 0. The first kappa shape index (κ1) is 25.9. The first-order valence-corrected chi connectivity index (χ1v) is 10.5. The number of amides is 3. The summed E-state index contributed by atoms with van der Waals surface area (Å²) < 4.78 is 5.51. The summed E-state index contributed by atoms with van der Waals surface area (Å²) in [6.07, 6.45) is 2.26. The minimum absolute atomic E-state index is 0. The standard InChI is InChI=1S/C19H36N6O3.HI/c1-4-15(5-2)16(24-9-11-28-12-10-24)13-22-18(20-6-3)21-7-8-25-17(26)14-23-19(25)27;/h15-16H,4-14H2,1-3H3,(H,23,27)(H2,20,21,22);1H. The molecule has 2 fully saturated rings. The summed E-state index contributed by atoms with van der Waals surface area (Å²) in [5.41, 5.74) is 0. The fourth-order valence-electron chi connectivity index (χ4n) is 3.80. The second-order valence-electron chi connectivity index (χ2n) is 7.14. The van der Waals surface area contributed by atoms with E-state index in [-0.39, 0.29) is 42.5 Å². The Morgan fingerprint density at radius 2 is 1.86 bits per heavy atom. The van der Waals surface area contributed by atoms with Crippen molar-refractivity contribution in [3.05, 3.63) is 0 Å². The van der Waals surface area contributed by atoms with Gasteiger partial charge in [0.25, 0.3) is 0 Å². The third-order valence-electron chi connectivity index (χ3n) is 5.45. The number of ether oxygens (including phenoxy) is 1. The Balaban J connectivity index is 0.00000420. The van der Waals surface area contributed by atoms with Crippen molar-refractivity contribution in [2.75, 3.05) is 59.0 Å². The van der Waals surface area contributed by atoms with Gasteiger partial charge in [-0.15, -0.1) is 24.0 Å². The normalized spacial score (nSPS) is 19.2. The van der Waals surface area contributed by atoms with Crippen LogP contribution in [0.15, 0.2) is 4.99 Å². The van der Waals surface area contributed by atoms with Crippen LogP contribution in [0.5, 0.6) is 0 Å². The lowest BCUT2D eigenvalue weighted by atomic mass is 9.92. The van der Waals surface area contributed by atoms with Crippen molar-refractivity contribution >= 4 is 41.9 Å². The highest BCUT2D eigenvalue weighted by Crippen LogP contribution is 2.20. The molecule has 2 aliphatic rings. The number of halogens is 1. The maximum absolute atomic E-state index is 11.7. The van der Waals surface area contributed by atoms with Gasteiger partial charge in [0.2, 0.25) is 5.91 Å². The van der Waals surface area contributed by atoms with Crippen LogP contribution in [0.3, 0.4) is 0 Å². The van der Waals surface area contributed by atoms with E-state index < -0.39 is 0 Å². The van der Waals surface area contributed by atoms with Crippen molar-refractivity contribution in [1.29, 1.82) is 0 Å². The number of morpholine rings is 1. The third-order valence-corrected chi connectivity index (χ3v) is 5.45. The molecule has 0 aromatic rings. The fourth-order valence-corrected chi connectivity index (χ4v) is 3.80. The molecule has 9 nitrogen and oxygen atoms in total. The zero-order valence-corrected chi connectivity index (χ0v) is 20.2. The van der Waals surface area contributed by atoms with Crippen molar-refractivity contribution in [1.82, 2.24) is 25.8 Å². The maximum Gasteiger partial charge on any atom is 0.324 e. The van der Waals surface area contributed by atoms with E-state index in [9.17, 15) is 9.59 Å². The quantitative estimate of drug-likeness (QED) is 0.170. The highest BCUT2D eigenvalue weighted by molar-refractivity contribution is 14.0. The molecule has 29 heavy (non-hydrogen) atoms. The lowest BCUT2D eigenvalue weighted by Crippen LogP contribution is -2.49. The van der Waals surface area contributed by atoms with E-state index in [1.165, 1.54) is 4.90 Å². The van der Waals surface area contributed by atoms with E-state index in [4.69, 9.17) is 9.73 Å². The molecule has 0 radical (unpaired) electrons. The van der Waals surface area contributed by atoms with Gasteiger partial charge in [0, 0.05) is 38.8 Å². The number of nitrogens with one attached hydrogen (secondary N) is 3. The van der Waals surface area contributed by atoms with Gasteiger partial charge in [0.1, 0.15) is 0 Å². The van der Waals surface area contributed by atoms with Crippen LogP contribution in [-0.2, 0) is 9.53 Å². The Labute approximate surface area is 191 Å². The summed E-state index contributed by atoms with van der Waals surface area (Å²) in [6, 6.07) is 0.0650. The lowest BCUT2D eigenvalue weighted by molar-refractivity contribution is -0.124. The topological polar surface area (TPSA) is 98.3 Å². The molecular formula is C19H37IN6O3. The van der Waals surface area contributed by atoms with E-state index in [1.54, 1.807) is 0 Å². The van der Waals surface area contributed by atoms with Crippen LogP contribution >= 0.6 is 24.0 Å². The third kappa shape index (κ3) is 7.89.